The second-order valence-corrected chi connectivity index (χ2v) is 8.10. The molecule has 0 saturated heterocycles. The molecule has 1 aliphatic heterocycles. The number of carbonyl (C=O) groups is 1. The highest BCUT2D eigenvalue weighted by atomic mass is 32.2. The average Bonchev–Trinajstić information content (AvgIpc) is 3.17. The van der Waals surface area contributed by atoms with Crippen molar-refractivity contribution < 1.29 is 45.7 Å². The summed E-state index contributed by atoms with van der Waals surface area (Å²) in [4.78, 5) is 11.1. The van der Waals surface area contributed by atoms with Gasteiger partial charge in [-0.2, -0.15) is 13.2 Å². The minimum atomic E-state index is -5.49. The number of sulfone groups is 1. The van der Waals surface area contributed by atoms with Crippen molar-refractivity contribution in [3.63, 3.8) is 0 Å². The fourth-order valence-electron chi connectivity index (χ4n) is 2.45. The van der Waals surface area contributed by atoms with Crippen molar-refractivity contribution in [2.75, 3.05) is 19.9 Å². The van der Waals surface area contributed by atoms with Crippen LogP contribution in [0.5, 0.6) is 17.2 Å². The van der Waals surface area contributed by atoms with Crippen molar-refractivity contribution in [2.45, 2.75) is 16.5 Å². The Kier molecular flexibility index (Phi) is 6.08. The smallest absolute Gasteiger partial charge is 0.491 e. The summed E-state index contributed by atoms with van der Waals surface area (Å²) >= 11 is 0. The van der Waals surface area contributed by atoms with E-state index >= 15 is 0 Å². The third-order valence-corrected chi connectivity index (χ3v) is 5.52. The van der Waals surface area contributed by atoms with Crippen molar-refractivity contribution in [3.8, 4) is 17.2 Å². The molecule has 1 heterocycles. The molecule has 0 bridgehead atoms. The summed E-state index contributed by atoms with van der Waals surface area (Å²) in [6.45, 7) is -0.245. The van der Waals surface area contributed by atoms with E-state index in [2.05, 4.69) is 5.32 Å². The lowest BCUT2D eigenvalue weighted by molar-refractivity contribution is -0.0436. The minimum Gasteiger partial charge on any atom is -0.491 e. The molecule has 0 saturated carbocycles. The van der Waals surface area contributed by atoms with Gasteiger partial charge in [0.05, 0.1) is 4.90 Å². The largest absolute Gasteiger partial charge is 0.501 e. The van der Waals surface area contributed by atoms with E-state index in [0.29, 0.717) is 29.4 Å². The van der Waals surface area contributed by atoms with E-state index in [1.54, 1.807) is 18.2 Å². The van der Waals surface area contributed by atoms with Gasteiger partial charge in [0.2, 0.25) is 6.79 Å². The SMILES string of the molecule is O=C(NCC(O)COc1ccc2c(c1)OCO2)c1ccc(S(=O)(=O)C(F)(F)F)cc1. The Morgan fingerprint density at radius 1 is 1.13 bits per heavy atom. The lowest BCUT2D eigenvalue weighted by Gasteiger charge is -2.14. The summed E-state index contributed by atoms with van der Waals surface area (Å²) in [7, 11) is -5.49. The third-order valence-electron chi connectivity index (χ3n) is 4.02. The molecule has 8 nitrogen and oxygen atoms in total. The van der Waals surface area contributed by atoms with Gasteiger partial charge in [-0.3, -0.25) is 4.79 Å². The van der Waals surface area contributed by atoms with Gasteiger partial charge in [0.1, 0.15) is 18.5 Å². The predicted molar refractivity (Wildman–Crippen MR) is 96.1 cm³/mol. The summed E-state index contributed by atoms with van der Waals surface area (Å²) in [5, 5.41) is 12.3. The average molecular weight is 447 g/mol. The number of benzene rings is 2. The van der Waals surface area contributed by atoms with E-state index in [1.807, 2.05) is 0 Å². The molecule has 1 unspecified atom stereocenters. The van der Waals surface area contributed by atoms with Gasteiger partial charge in [-0.05, 0) is 36.4 Å². The number of nitrogens with one attached hydrogen (secondary N) is 1. The molecule has 2 N–H and O–H groups in total. The molecule has 1 aliphatic rings. The fraction of sp³-hybridized carbons (Fsp3) is 0.278. The van der Waals surface area contributed by atoms with Gasteiger partial charge in [0.15, 0.2) is 11.5 Å². The number of aliphatic hydroxyl groups is 1. The van der Waals surface area contributed by atoms with Crippen LogP contribution in [0.15, 0.2) is 47.4 Å². The molecular weight excluding hydrogens is 431 g/mol. The molecule has 1 atom stereocenters. The van der Waals surface area contributed by atoms with Crippen LogP contribution in [-0.2, 0) is 9.84 Å². The normalized spacial score (nSPS) is 14.3. The van der Waals surface area contributed by atoms with Crippen LogP contribution in [0.1, 0.15) is 10.4 Å². The summed E-state index contributed by atoms with van der Waals surface area (Å²) < 4.78 is 76.0. The van der Waals surface area contributed by atoms with Crippen molar-refractivity contribution in [3.05, 3.63) is 48.0 Å². The van der Waals surface area contributed by atoms with E-state index in [1.165, 1.54) is 0 Å². The van der Waals surface area contributed by atoms with E-state index in [0.717, 1.165) is 12.1 Å². The number of aliphatic hydroxyl groups excluding tert-OH is 1. The molecule has 162 valence electrons. The van der Waals surface area contributed by atoms with Crippen molar-refractivity contribution in [2.24, 2.45) is 0 Å². The molecule has 3 rings (SSSR count). The minimum absolute atomic E-state index is 0.0694. The van der Waals surface area contributed by atoms with Crippen LogP contribution >= 0.6 is 0 Å². The highest BCUT2D eigenvalue weighted by molar-refractivity contribution is 7.92. The van der Waals surface area contributed by atoms with Crippen molar-refractivity contribution >= 4 is 15.7 Å². The number of fused-ring (bicyclic) bond motifs is 1. The maximum absolute atomic E-state index is 12.5. The van der Waals surface area contributed by atoms with E-state index < -0.39 is 32.3 Å². The molecule has 12 heteroatoms. The van der Waals surface area contributed by atoms with Crippen molar-refractivity contribution in [1.82, 2.24) is 5.32 Å². The Balaban J connectivity index is 1.50. The van der Waals surface area contributed by atoms with Crippen LogP contribution in [0, 0.1) is 0 Å². The molecule has 0 radical (unpaired) electrons. The number of halogens is 3. The Labute approximate surface area is 169 Å². The predicted octanol–water partition coefficient (Wildman–Crippen LogP) is 1.88. The van der Waals surface area contributed by atoms with E-state index in [-0.39, 0.29) is 25.5 Å². The van der Waals surface area contributed by atoms with Crippen molar-refractivity contribution in [1.29, 1.82) is 0 Å². The molecule has 2 aromatic rings. The summed E-state index contributed by atoms with van der Waals surface area (Å²) in [5.74, 6) is 0.801. The zero-order valence-corrected chi connectivity index (χ0v) is 16.0. The van der Waals surface area contributed by atoms with Gasteiger partial charge < -0.3 is 24.6 Å². The molecule has 0 spiro atoms. The van der Waals surface area contributed by atoms with Crippen LogP contribution in [0.4, 0.5) is 13.2 Å². The second-order valence-electron chi connectivity index (χ2n) is 6.16. The van der Waals surface area contributed by atoms with Crippen LogP contribution in [0.2, 0.25) is 0 Å². The first-order valence-electron chi connectivity index (χ1n) is 8.48. The number of ether oxygens (including phenoxy) is 3. The first-order chi connectivity index (χ1) is 14.1. The van der Waals surface area contributed by atoms with Crippen LogP contribution < -0.4 is 19.5 Å². The third kappa shape index (κ3) is 4.76. The monoisotopic (exact) mass is 447 g/mol. The van der Waals surface area contributed by atoms with Gasteiger partial charge in [-0.1, -0.05) is 0 Å². The van der Waals surface area contributed by atoms with Gasteiger partial charge in [0.25, 0.3) is 15.7 Å². The quantitative estimate of drug-likeness (QED) is 0.667. The Hall–Kier alpha value is -2.99. The molecule has 0 aromatic heterocycles. The first-order valence-corrected chi connectivity index (χ1v) is 9.96. The maximum Gasteiger partial charge on any atom is 0.501 e. The van der Waals surface area contributed by atoms with Crippen LogP contribution in [0.25, 0.3) is 0 Å². The van der Waals surface area contributed by atoms with Crippen LogP contribution in [0.3, 0.4) is 0 Å². The Bertz CT molecular complexity index is 1020. The van der Waals surface area contributed by atoms with E-state index in [4.69, 9.17) is 14.2 Å². The number of carbonyl (C=O) groups excluding carboxylic acids is 1. The highest BCUT2D eigenvalue weighted by Crippen LogP contribution is 2.35. The van der Waals surface area contributed by atoms with Gasteiger partial charge >= 0.3 is 5.51 Å². The number of amides is 1. The van der Waals surface area contributed by atoms with Gasteiger partial charge in [-0.25, -0.2) is 8.42 Å². The molecule has 0 aliphatic carbocycles. The summed E-state index contributed by atoms with van der Waals surface area (Å²) in [6.07, 6.45) is -1.08. The topological polar surface area (TPSA) is 111 Å². The van der Waals surface area contributed by atoms with Gasteiger partial charge in [-0.15, -0.1) is 0 Å². The summed E-state index contributed by atoms with van der Waals surface area (Å²) in [5.41, 5.74) is -5.50. The maximum atomic E-state index is 12.5. The second kappa shape index (κ2) is 8.40. The summed E-state index contributed by atoms with van der Waals surface area (Å²) in [6, 6.07) is 8.13. The lowest BCUT2D eigenvalue weighted by Crippen LogP contribution is -2.35. The first kappa shape index (κ1) is 21.7. The standard InChI is InChI=1S/C18H16F3NO7S/c19-18(20,21)30(25,26)14-4-1-11(2-5-14)17(24)22-8-12(23)9-27-13-3-6-15-16(7-13)29-10-28-15/h1-7,12,23H,8-10H2,(H,22,24). The number of alkyl halides is 3. The molecule has 1 amide bonds. The molecule has 0 fully saturated rings. The number of hydrogen-bond donors (Lipinski definition) is 2. The highest BCUT2D eigenvalue weighted by Gasteiger charge is 2.46. The zero-order chi connectivity index (χ0) is 21.9. The van der Waals surface area contributed by atoms with E-state index in [9.17, 15) is 31.5 Å². The Morgan fingerprint density at radius 3 is 2.47 bits per heavy atom. The van der Waals surface area contributed by atoms with Crippen LogP contribution in [-0.4, -0.2) is 51.0 Å². The molecule has 2 aromatic carbocycles. The molecular formula is C18H16F3NO7S. The number of rotatable bonds is 7. The fourth-order valence-corrected chi connectivity index (χ4v) is 3.21. The zero-order valence-electron chi connectivity index (χ0n) is 15.2. The Morgan fingerprint density at radius 2 is 1.80 bits per heavy atom. The van der Waals surface area contributed by atoms with Gasteiger partial charge in [0, 0.05) is 18.2 Å². The lowest BCUT2D eigenvalue weighted by atomic mass is 10.2. The number of hydrogen-bond acceptors (Lipinski definition) is 7. The molecule has 30 heavy (non-hydrogen) atoms.